The smallest absolute Gasteiger partial charge is 0.198 e. The number of allylic oxidation sites excluding steroid dienone is 4. The number of hydrogen-bond acceptors (Lipinski definition) is 4. The highest BCUT2D eigenvalue weighted by atomic mass is 32.1. The maximum atomic E-state index is 9.11. The first-order chi connectivity index (χ1) is 25.2. The average Bonchev–Trinajstić information content (AvgIpc) is 3.96. The van der Waals surface area contributed by atoms with Gasteiger partial charge in [-0.1, -0.05) is 33.4 Å². The largest absolute Gasteiger partial charge is 0.554 e. The molecule has 0 saturated carbocycles. The molecule has 6 aromatic rings. The average molecular weight is 708 g/mol. The molecule has 0 fully saturated rings. The van der Waals surface area contributed by atoms with E-state index in [0.717, 1.165) is 54.8 Å². The van der Waals surface area contributed by atoms with Gasteiger partial charge in [-0.25, -0.2) is 0 Å². The van der Waals surface area contributed by atoms with Crippen LogP contribution in [-0.4, -0.2) is 29.7 Å². The van der Waals surface area contributed by atoms with Crippen LogP contribution in [0.4, 0.5) is 0 Å². The fraction of sp³-hybridized carbons (Fsp3) is 0.122. The number of rotatable bonds is 4. The maximum absolute atomic E-state index is 9.11. The van der Waals surface area contributed by atoms with Gasteiger partial charge < -0.3 is 0 Å². The van der Waals surface area contributed by atoms with E-state index in [4.69, 9.17) is 4.11 Å². The quantitative estimate of drug-likeness (QED) is 0.165. The van der Waals surface area contributed by atoms with Crippen LogP contribution in [-0.2, 0) is 5.91 Å². The van der Waals surface area contributed by atoms with Gasteiger partial charge in [0.15, 0.2) is 0 Å². The molecule has 0 aromatic carbocycles. The molecule has 8 heteroatoms. The summed E-state index contributed by atoms with van der Waals surface area (Å²) in [6.45, 7) is 4.34. The van der Waals surface area contributed by atoms with E-state index in [1.54, 1.807) is 45.3 Å². The van der Waals surface area contributed by atoms with E-state index in [-0.39, 0.29) is 0 Å². The molecule has 6 aromatic heterocycles. The van der Waals surface area contributed by atoms with Crippen molar-refractivity contribution in [2.45, 2.75) is 33.5 Å². The minimum atomic E-state index is -2.36. The highest BCUT2D eigenvalue weighted by Gasteiger charge is 2.74. The molecule has 1 atom stereocenters. The molecular formula is C41H28N4S4+2. The normalized spacial score (nSPS) is 22.1. The Balaban J connectivity index is 1.42. The minimum Gasteiger partial charge on any atom is -0.198 e. The van der Waals surface area contributed by atoms with Crippen molar-refractivity contribution in [3.63, 3.8) is 0 Å². The third kappa shape index (κ3) is 2.93. The Morgan fingerprint density at radius 3 is 1.92 bits per heavy atom. The molecule has 6 aliphatic rings. The van der Waals surface area contributed by atoms with Crippen molar-refractivity contribution in [1.29, 1.82) is 0 Å². The molecule has 6 aliphatic heterocycles. The highest BCUT2D eigenvalue weighted by molar-refractivity contribution is 7.12. The number of thiophene rings is 4. The van der Waals surface area contributed by atoms with Gasteiger partial charge in [0, 0.05) is 46.9 Å². The lowest BCUT2D eigenvalue weighted by Gasteiger charge is -2.41. The molecule has 12 heterocycles. The van der Waals surface area contributed by atoms with E-state index in [1.165, 1.54) is 48.6 Å². The fourth-order valence-electron chi connectivity index (χ4n) is 9.31. The van der Waals surface area contributed by atoms with Crippen LogP contribution in [0, 0.1) is 13.8 Å². The summed E-state index contributed by atoms with van der Waals surface area (Å²) in [5, 5.41) is 10.8. The van der Waals surface area contributed by atoms with Crippen LogP contribution in [0.15, 0.2) is 117 Å². The Hall–Kier alpha value is -4.60. The lowest BCUT2D eigenvalue weighted by molar-refractivity contribution is -0.834. The molecule has 0 bridgehead atoms. The van der Waals surface area contributed by atoms with Crippen LogP contribution in [0.5, 0.6) is 0 Å². The van der Waals surface area contributed by atoms with Crippen molar-refractivity contribution < 1.29 is 13.3 Å². The molecule has 0 radical (unpaired) electrons. The van der Waals surface area contributed by atoms with Gasteiger partial charge in [-0.3, -0.25) is 0 Å². The van der Waals surface area contributed by atoms with Gasteiger partial charge in [0.25, 0.3) is 0 Å². The van der Waals surface area contributed by atoms with Crippen molar-refractivity contribution in [3.05, 3.63) is 170 Å². The second-order valence-electron chi connectivity index (χ2n) is 13.3. The Morgan fingerprint density at radius 2 is 1.29 bits per heavy atom. The fourth-order valence-corrected chi connectivity index (χ4v) is 12.4. The van der Waals surface area contributed by atoms with Gasteiger partial charge in [0.2, 0.25) is 22.8 Å². The van der Waals surface area contributed by atoms with Crippen LogP contribution >= 0.6 is 45.3 Å². The zero-order valence-corrected chi connectivity index (χ0v) is 29.9. The summed E-state index contributed by atoms with van der Waals surface area (Å²) in [6, 6.07) is 22.0. The Morgan fingerprint density at radius 1 is 0.653 bits per heavy atom. The lowest BCUT2D eigenvalue weighted by Crippen LogP contribution is -2.71. The van der Waals surface area contributed by atoms with E-state index in [1.807, 2.05) is 6.08 Å². The predicted octanol–water partition coefficient (Wildman–Crippen LogP) is 8.07. The Bertz CT molecular complexity index is 2980. The number of hydrogen-bond donors (Lipinski definition) is 0. The van der Waals surface area contributed by atoms with Crippen LogP contribution in [0.3, 0.4) is 0 Å². The molecule has 12 rings (SSSR count). The lowest BCUT2D eigenvalue weighted by atomic mass is 9.96. The second kappa shape index (κ2) is 8.94. The van der Waals surface area contributed by atoms with Gasteiger partial charge in [0.1, 0.15) is 0 Å². The third-order valence-electron chi connectivity index (χ3n) is 10.8. The summed E-state index contributed by atoms with van der Waals surface area (Å²) >= 11 is 6.92. The molecule has 0 aliphatic carbocycles. The predicted molar refractivity (Wildman–Crippen MR) is 203 cm³/mol. The summed E-state index contributed by atoms with van der Waals surface area (Å²) in [7, 11) is 0. The number of nitrogens with zero attached hydrogens (tertiary/aromatic N) is 4. The zero-order valence-electron chi connectivity index (χ0n) is 29.7. The molecule has 4 nitrogen and oxygen atoms in total. The van der Waals surface area contributed by atoms with Crippen molar-refractivity contribution >= 4 is 79.1 Å². The monoisotopic (exact) mass is 707 g/mol. The van der Waals surface area contributed by atoms with Gasteiger partial charge in [-0.15, -0.1) is 45.3 Å². The Kier molecular flexibility index (Phi) is 4.48. The molecule has 0 N–H and O–H groups in total. The van der Waals surface area contributed by atoms with E-state index in [9.17, 15) is 0 Å². The highest BCUT2D eigenvalue weighted by Crippen LogP contribution is 2.56. The van der Waals surface area contributed by atoms with Crippen LogP contribution in [0.25, 0.3) is 22.3 Å². The number of aromatic nitrogens is 2. The summed E-state index contributed by atoms with van der Waals surface area (Å²) < 4.78 is 37.5. The van der Waals surface area contributed by atoms with E-state index >= 15 is 0 Å². The van der Waals surface area contributed by atoms with Crippen molar-refractivity contribution in [3.8, 4) is 0 Å². The van der Waals surface area contributed by atoms with Crippen molar-refractivity contribution in [1.82, 2.24) is 9.13 Å². The van der Waals surface area contributed by atoms with Crippen LogP contribution in [0.1, 0.15) is 59.9 Å². The van der Waals surface area contributed by atoms with Gasteiger partial charge in [-0.2, -0.15) is 9.13 Å². The van der Waals surface area contributed by atoms with E-state index < -0.39 is 12.8 Å². The summed E-state index contributed by atoms with van der Waals surface area (Å²) in [6.07, 6.45) is 4.38. The van der Waals surface area contributed by atoms with Gasteiger partial charge >= 0.3 is 5.91 Å². The molecule has 0 amide bonds. The first-order valence-electron chi connectivity index (χ1n) is 17.8. The zero-order chi connectivity index (χ0) is 35.0. The Labute approximate surface area is 303 Å². The molecular weight excluding hydrogens is 677 g/mol. The molecule has 1 spiro atoms. The molecule has 49 heavy (non-hydrogen) atoms. The maximum Gasteiger partial charge on any atom is 0.554 e. The molecule has 234 valence electrons. The summed E-state index contributed by atoms with van der Waals surface area (Å²) in [5.74, 6) is -1.01. The van der Waals surface area contributed by atoms with Gasteiger partial charge in [-0.05, 0) is 96.7 Å². The van der Waals surface area contributed by atoms with E-state index in [0.29, 0.717) is 5.57 Å². The van der Waals surface area contributed by atoms with E-state index in [2.05, 4.69) is 127 Å². The van der Waals surface area contributed by atoms with Crippen molar-refractivity contribution in [2.75, 3.05) is 0 Å². The number of aryl methyl sites for hydroxylation is 2. The minimum absolute atomic E-state index is 0.388. The first-order valence-corrected chi connectivity index (χ1v) is 19.8. The summed E-state index contributed by atoms with van der Waals surface area (Å²) in [5.41, 5.74) is 14.7. The topological polar surface area (TPSA) is 15.9 Å². The molecule has 1 unspecified atom stereocenters. The summed E-state index contributed by atoms with van der Waals surface area (Å²) in [4.78, 5) is 4.61. The van der Waals surface area contributed by atoms with Gasteiger partial charge in [0.05, 0.1) is 44.4 Å². The third-order valence-corrected chi connectivity index (χ3v) is 14.4. The first kappa shape index (κ1) is 24.5. The van der Waals surface area contributed by atoms with Crippen LogP contribution in [0.2, 0.25) is 0 Å². The second-order valence-corrected chi connectivity index (χ2v) is 17.1. The molecule has 0 saturated heterocycles. The SMILES string of the molecule is [2H]C([2H])([2H])C1=CC2=C(c3cccs3)c3c(C)cc4n3C35n6c(cc(C)c6=C(c6cccs6)C6=[N+]3C(=C4c3cccs3)C(C)=C6)=C(c3cccs3)C1=[N+]25. The van der Waals surface area contributed by atoms with Crippen LogP contribution < -0.4 is 10.7 Å². The standard InChI is InChI=1S/C41H28N4S4/c1-21-17-25-34(30-10-6-14-47-30)38-23(3)19-27-36(32-12-8-16-49-32)40-24(4)20-28-35(31-11-7-15-48-31)39-22(2)18-26-33(29-9-5-13-46-29)37(21)42(25)41(43(26)39,44(27)38)45(28)40/h5-20H,1-4H3/q+2/i1D3. The van der Waals surface area contributed by atoms with Crippen molar-refractivity contribution in [2.24, 2.45) is 0 Å².